The highest BCUT2D eigenvalue weighted by Crippen LogP contribution is 2.19. The average molecular weight is 503 g/mol. The molecular weight excluding hydrogens is 468 g/mol. The zero-order valence-electron chi connectivity index (χ0n) is 20.3. The summed E-state index contributed by atoms with van der Waals surface area (Å²) in [6.45, 7) is 6.87. The number of hydrogen-bond donors (Lipinski definition) is 3. The van der Waals surface area contributed by atoms with Gasteiger partial charge in [0.25, 0.3) is 0 Å². The predicted molar refractivity (Wildman–Crippen MR) is 124 cm³/mol. The molecule has 0 aromatic heterocycles. The van der Waals surface area contributed by atoms with Gasteiger partial charge in [-0.1, -0.05) is 13.8 Å². The first-order chi connectivity index (χ1) is 15.9. The molecule has 1 saturated heterocycles. The molecule has 1 heterocycles. The van der Waals surface area contributed by atoms with Crippen LogP contribution in [0.25, 0.3) is 0 Å². The summed E-state index contributed by atoms with van der Waals surface area (Å²) in [5.41, 5.74) is 0. The van der Waals surface area contributed by atoms with Gasteiger partial charge in [0.15, 0.2) is 5.78 Å². The Morgan fingerprint density at radius 2 is 1.62 bits per heavy atom. The highest BCUT2D eigenvalue weighted by Gasteiger charge is 2.37. The smallest absolute Gasteiger partial charge is 0.306 e. The summed E-state index contributed by atoms with van der Waals surface area (Å²) >= 11 is 5.61. The molecule has 0 radical (unpaired) electrons. The van der Waals surface area contributed by atoms with Crippen LogP contribution in [0, 0.1) is 5.92 Å². The topological polar surface area (TPSA) is 151 Å². The van der Waals surface area contributed by atoms with Crippen LogP contribution >= 0.6 is 11.6 Å². The van der Waals surface area contributed by atoms with E-state index in [0.29, 0.717) is 19.4 Å². The fourth-order valence-corrected chi connectivity index (χ4v) is 3.77. The molecule has 0 aliphatic carbocycles. The molecule has 1 rings (SSSR count). The predicted octanol–water partition coefficient (Wildman–Crippen LogP) is -0.111. The van der Waals surface area contributed by atoms with E-state index in [2.05, 4.69) is 20.7 Å². The second-order valence-electron chi connectivity index (χ2n) is 8.62. The van der Waals surface area contributed by atoms with Gasteiger partial charge in [0.2, 0.25) is 23.6 Å². The maximum atomic E-state index is 12.8. The molecule has 1 fully saturated rings. The molecule has 1 aliphatic heterocycles. The highest BCUT2D eigenvalue weighted by atomic mass is 35.5. The monoisotopic (exact) mass is 502 g/mol. The lowest BCUT2D eigenvalue weighted by Gasteiger charge is -2.28. The summed E-state index contributed by atoms with van der Waals surface area (Å²) in [6.07, 6.45) is 0.776. The van der Waals surface area contributed by atoms with Gasteiger partial charge in [0.1, 0.15) is 18.1 Å². The average Bonchev–Trinajstić information content (AvgIpc) is 3.29. The van der Waals surface area contributed by atoms with E-state index in [1.165, 1.54) is 25.9 Å². The van der Waals surface area contributed by atoms with Crippen LogP contribution in [0.4, 0.5) is 0 Å². The van der Waals surface area contributed by atoms with Gasteiger partial charge in [-0.15, -0.1) is 11.6 Å². The number of nitrogens with one attached hydrogen (secondary N) is 3. The van der Waals surface area contributed by atoms with Gasteiger partial charge in [-0.05, 0) is 32.6 Å². The molecule has 12 heteroatoms. The molecule has 11 nitrogen and oxygen atoms in total. The van der Waals surface area contributed by atoms with Gasteiger partial charge in [-0.3, -0.25) is 28.8 Å². The number of esters is 1. The fraction of sp³-hybridized carbons (Fsp3) is 0.727. The number of ether oxygens (including phenoxy) is 1. The van der Waals surface area contributed by atoms with Gasteiger partial charge < -0.3 is 25.6 Å². The zero-order valence-corrected chi connectivity index (χ0v) is 21.1. The van der Waals surface area contributed by atoms with Crippen molar-refractivity contribution in [2.24, 2.45) is 5.92 Å². The Bertz CT molecular complexity index is 789. The van der Waals surface area contributed by atoms with E-state index >= 15 is 0 Å². The molecule has 1 aliphatic rings. The fourth-order valence-electron chi connectivity index (χ4n) is 3.60. The highest BCUT2D eigenvalue weighted by molar-refractivity contribution is 6.28. The quantitative estimate of drug-likeness (QED) is 0.249. The SMILES string of the molecule is COC(=O)CCC(=O)N[C@H](C)C(=O)N1CCC[C@@H]1C(=O)N[C@@H](C)C(=O)NC(C(=O)CCl)C(C)C. The lowest BCUT2D eigenvalue weighted by molar-refractivity contribution is -0.143. The Morgan fingerprint density at radius 1 is 0.971 bits per heavy atom. The van der Waals surface area contributed by atoms with Crippen LogP contribution < -0.4 is 16.0 Å². The molecule has 4 atom stereocenters. The zero-order chi connectivity index (χ0) is 26.0. The minimum Gasteiger partial charge on any atom is -0.469 e. The summed E-state index contributed by atoms with van der Waals surface area (Å²) in [5, 5.41) is 7.74. The van der Waals surface area contributed by atoms with Gasteiger partial charge in [0, 0.05) is 13.0 Å². The minimum atomic E-state index is -0.940. The number of likely N-dealkylation sites (tertiary alicyclic amines) is 1. The van der Waals surface area contributed by atoms with Crippen LogP contribution in [-0.4, -0.2) is 84.0 Å². The molecular formula is C22H35ClN4O7. The number of hydrogen-bond acceptors (Lipinski definition) is 7. The first-order valence-electron chi connectivity index (χ1n) is 11.3. The van der Waals surface area contributed by atoms with E-state index in [1.54, 1.807) is 13.8 Å². The first-order valence-corrected chi connectivity index (χ1v) is 11.8. The first kappa shape index (κ1) is 29.3. The normalized spacial score (nSPS) is 18.0. The summed E-state index contributed by atoms with van der Waals surface area (Å²) in [6, 6.07) is -3.39. The van der Waals surface area contributed by atoms with E-state index in [1.807, 2.05) is 0 Å². The molecule has 0 spiro atoms. The third kappa shape index (κ3) is 8.58. The Hall–Kier alpha value is -2.69. The maximum absolute atomic E-state index is 12.8. The molecule has 0 aromatic carbocycles. The molecule has 4 amide bonds. The molecule has 3 N–H and O–H groups in total. The van der Waals surface area contributed by atoms with E-state index in [9.17, 15) is 28.8 Å². The van der Waals surface area contributed by atoms with Crippen LogP contribution in [-0.2, 0) is 33.5 Å². The number of methoxy groups -OCH3 is 1. The minimum absolute atomic E-state index is 0.105. The lowest BCUT2D eigenvalue weighted by Crippen LogP contribution is -2.56. The number of halogens is 1. The third-order valence-electron chi connectivity index (χ3n) is 5.57. The van der Waals surface area contributed by atoms with Gasteiger partial charge in [0.05, 0.1) is 25.5 Å². The number of carbonyl (C=O) groups is 6. The molecule has 0 aromatic rings. The summed E-state index contributed by atoms with van der Waals surface area (Å²) in [7, 11) is 1.22. The number of Topliss-reactive ketones (excluding diaryl/α,β-unsaturated/α-hetero) is 1. The Labute approximate surface area is 204 Å². The number of carbonyl (C=O) groups excluding carboxylic acids is 6. The number of rotatable bonds is 12. The van der Waals surface area contributed by atoms with E-state index in [0.717, 1.165) is 0 Å². The molecule has 0 saturated carbocycles. The van der Waals surface area contributed by atoms with Crippen molar-refractivity contribution < 1.29 is 33.5 Å². The summed E-state index contributed by atoms with van der Waals surface area (Å²) in [5.74, 6) is -3.22. The van der Waals surface area contributed by atoms with Crippen LogP contribution in [0.5, 0.6) is 0 Å². The van der Waals surface area contributed by atoms with Crippen LogP contribution in [0.2, 0.25) is 0 Å². The summed E-state index contributed by atoms with van der Waals surface area (Å²) < 4.78 is 4.48. The number of alkyl halides is 1. The third-order valence-corrected chi connectivity index (χ3v) is 5.83. The Balaban J connectivity index is 2.69. The number of nitrogens with zero attached hydrogens (tertiary/aromatic N) is 1. The van der Waals surface area contributed by atoms with Crippen molar-refractivity contribution in [3.63, 3.8) is 0 Å². The van der Waals surface area contributed by atoms with Crippen molar-refractivity contribution in [1.82, 2.24) is 20.9 Å². The molecule has 192 valence electrons. The lowest BCUT2D eigenvalue weighted by atomic mass is 10.0. The van der Waals surface area contributed by atoms with Gasteiger partial charge in [-0.25, -0.2) is 0 Å². The second-order valence-corrected chi connectivity index (χ2v) is 8.88. The molecule has 1 unspecified atom stereocenters. The van der Waals surface area contributed by atoms with Gasteiger partial charge in [-0.2, -0.15) is 0 Å². The molecule has 0 bridgehead atoms. The van der Waals surface area contributed by atoms with Crippen LogP contribution in [0.1, 0.15) is 53.4 Å². The Morgan fingerprint density at radius 3 is 2.18 bits per heavy atom. The maximum Gasteiger partial charge on any atom is 0.306 e. The van der Waals surface area contributed by atoms with Crippen molar-refractivity contribution >= 4 is 47.0 Å². The Kier molecular flexibility index (Phi) is 12.0. The number of ketones is 1. The van der Waals surface area contributed by atoms with Crippen molar-refractivity contribution in [2.45, 2.75) is 77.5 Å². The number of amides is 4. The van der Waals surface area contributed by atoms with E-state index < -0.39 is 53.8 Å². The molecule has 34 heavy (non-hydrogen) atoms. The van der Waals surface area contributed by atoms with Crippen LogP contribution in [0.3, 0.4) is 0 Å². The standard InChI is InChI=1S/C22H35ClN4O7/c1-12(2)19(16(28)11-23)26-20(31)13(3)25-21(32)15-7-6-10-27(15)22(33)14(4)24-17(29)8-9-18(30)34-5/h12-15,19H,6-11H2,1-5H3,(H,24,29)(H,25,32)(H,26,31)/t13-,14+,15+,19?/m0/s1. The van der Waals surface area contributed by atoms with E-state index in [4.69, 9.17) is 11.6 Å². The van der Waals surface area contributed by atoms with Crippen molar-refractivity contribution in [2.75, 3.05) is 19.5 Å². The summed E-state index contributed by atoms with van der Waals surface area (Å²) in [4.78, 5) is 74.7. The second kappa shape index (κ2) is 13.9. The van der Waals surface area contributed by atoms with E-state index in [-0.39, 0.29) is 30.4 Å². The van der Waals surface area contributed by atoms with Crippen LogP contribution in [0.15, 0.2) is 0 Å². The largest absolute Gasteiger partial charge is 0.469 e. The van der Waals surface area contributed by atoms with Crippen molar-refractivity contribution in [3.8, 4) is 0 Å². The van der Waals surface area contributed by atoms with Crippen molar-refractivity contribution in [3.05, 3.63) is 0 Å². The van der Waals surface area contributed by atoms with Crippen molar-refractivity contribution in [1.29, 1.82) is 0 Å². The van der Waals surface area contributed by atoms with Gasteiger partial charge >= 0.3 is 5.97 Å².